The minimum absolute atomic E-state index is 0.0550. The number of hydrogen-bond acceptors (Lipinski definition) is 4. The third-order valence-corrected chi connectivity index (χ3v) is 7.43. The molecule has 0 spiro atoms. The fraction of sp³-hybridized carbons (Fsp3) is 0.364. The van der Waals surface area contributed by atoms with E-state index in [1.165, 1.54) is 4.90 Å². The van der Waals surface area contributed by atoms with E-state index in [1.54, 1.807) is 56.3 Å². The van der Waals surface area contributed by atoms with Crippen molar-refractivity contribution in [1.82, 2.24) is 10.2 Å². The molecule has 0 radical (unpaired) electrons. The fourth-order valence-corrected chi connectivity index (χ4v) is 5.31. The monoisotopic (exact) mass is 577 g/mol. The summed E-state index contributed by atoms with van der Waals surface area (Å²) < 4.78 is 26.7. The predicted molar refractivity (Wildman–Crippen MR) is 136 cm³/mol. The second-order valence-electron chi connectivity index (χ2n) is 7.26. The summed E-state index contributed by atoms with van der Waals surface area (Å²) in [6.07, 6.45) is 1.34. The summed E-state index contributed by atoms with van der Waals surface area (Å²) in [6, 6.07) is 10.8. The first-order chi connectivity index (χ1) is 15.5. The van der Waals surface area contributed by atoms with E-state index in [9.17, 15) is 18.0 Å². The number of nitrogens with zero attached hydrogens (tertiary/aromatic N) is 2. The van der Waals surface area contributed by atoms with Gasteiger partial charge in [0.15, 0.2) is 0 Å². The topological polar surface area (TPSA) is 86.8 Å². The van der Waals surface area contributed by atoms with Gasteiger partial charge in [-0.15, -0.1) is 0 Å². The van der Waals surface area contributed by atoms with Crippen LogP contribution in [0.4, 0.5) is 5.69 Å². The van der Waals surface area contributed by atoms with Gasteiger partial charge in [0.05, 0.1) is 11.9 Å². The molecule has 0 aliphatic heterocycles. The summed E-state index contributed by atoms with van der Waals surface area (Å²) in [5.74, 6) is -0.909. The molecular weight excluding hydrogens is 553 g/mol. The number of hydrogen-bond donors (Lipinski definition) is 1. The van der Waals surface area contributed by atoms with E-state index in [0.717, 1.165) is 10.6 Å². The zero-order valence-corrected chi connectivity index (χ0v) is 22.4. The van der Waals surface area contributed by atoms with Gasteiger partial charge in [0.1, 0.15) is 12.6 Å². The van der Waals surface area contributed by atoms with E-state index in [4.69, 9.17) is 23.2 Å². The smallest absolute Gasteiger partial charge is 0.244 e. The van der Waals surface area contributed by atoms with Crippen molar-refractivity contribution < 1.29 is 18.0 Å². The molecule has 0 saturated carbocycles. The Hall–Kier alpha value is -1.81. The van der Waals surface area contributed by atoms with Crippen molar-refractivity contribution in [2.75, 3.05) is 23.7 Å². The van der Waals surface area contributed by atoms with Crippen LogP contribution in [0.25, 0.3) is 0 Å². The molecule has 0 fully saturated rings. The van der Waals surface area contributed by atoms with Gasteiger partial charge in [0.2, 0.25) is 21.8 Å². The van der Waals surface area contributed by atoms with Gasteiger partial charge < -0.3 is 10.2 Å². The van der Waals surface area contributed by atoms with Crippen LogP contribution in [0.15, 0.2) is 46.9 Å². The number of carbonyl (C=O) groups is 2. The highest BCUT2D eigenvalue weighted by molar-refractivity contribution is 9.10. The summed E-state index contributed by atoms with van der Waals surface area (Å²) >= 11 is 16.0. The van der Waals surface area contributed by atoms with Crippen LogP contribution in [-0.2, 0) is 26.2 Å². The van der Waals surface area contributed by atoms with Gasteiger partial charge in [0, 0.05) is 33.2 Å². The first-order valence-corrected chi connectivity index (χ1v) is 13.6. The molecule has 0 aliphatic carbocycles. The molecule has 2 amide bonds. The Bertz CT molecular complexity index is 1090. The van der Waals surface area contributed by atoms with Gasteiger partial charge in [-0.2, -0.15) is 0 Å². The molecule has 7 nitrogen and oxygen atoms in total. The minimum atomic E-state index is -3.82. The van der Waals surface area contributed by atoms with Gasteiger partial charge >= 0.3 is 0 Å². The molecule has 11 heteroatoms. The maximum Gasteiger partial charge on any atom is 0.244 e. The van der Waals surface area contributed by atoms with Crippen LogP contribution in [0.5, 0.6) is 0 Å². The summed E-state index contributed by atoms with van der Waals surface area (Å²) in [7, 11) is -3.82. The second kappa shape index (κ2) is 12.1. The lowest BCUT2D eigenvalue weighted by Gasteiger charge is -2.33. The van der Waals surface area contributed by atoms with Gasteiger partial charge in [-0.1, -0.05) is 48.3 Å². The maximum absolute atomic E-state index is 13.6. The van der Waals surface area contributed by atoms with Gasteiger partial charge in [-0.3, -0.25) is 13.9 Å². The predicted octanol–water partition coefficient (Wildman–Crippen LogP) is 4.47. The molecule has 180 valence electrons. The standard InChI is InChI=1S/C22H26BrCl2N3O4S/c1-4-19(22(30)26-5-2)27(13-15-17(24)10-8-11-18(15)25)21(29)14-28(33(3,31)32)20-12-7-6-9-16(20)23/h6-12,19H,4-5,13-14H2,1-3H3,(H,26,30)/t19-/m1/s1. The SMILES string of the molecule is CCNC(=O)[C@@H](CC)N(Cc1c(Cl)cccc1Cl)C(=O)CN(c1ccccc1Br)S(C)(=O)=O. The first kappa shape index (κ1) is 27.4. The number of para-hydroxylation sites is 1. The van der Waals surface area contributed by atoms with E-state index in [2.05, 4.69) is 21.2 Å². The Morgan fingerprint density at radius 2 is 1.67 bits per heavy atom. The highest BCUT2D eigenvalue weighted by Crippen LogP contribution is 2.29. The number of benzene rings is 2. The summed E-state index contributed by atoms with van der Waals surface area (Å²) in [5, 5.41) is 3.42. The third kappa shape index (κ3) is 7.09. The van der Waals surface area contributed by atoms with Crippen LogP contribution in [0.3, 0.4) is 0 Å². The van der Waals surface area contributed by atoms with Crippen LogP contribution >= 0.6 is 39.1 Å². The number of rotatable bonds is 10. The van der Waals surface area contributed by atoms with E-state index < -0.39 is 28.5 Å². The molecule has 0 saturated heterocycles. The average Bonchev–Trinajstić information content (AvgIpc) is 2.74. The van der Waals surface area contributed by atoms with Crippen LogP contribution in [-0.4, -0.2) is 50.5 Å². The number of likely N-dealkylation sites (N-methyl/N-ethyl adjacent to an activating group) is 1. The summed E-state index contributed by atoms with van der Waals surface area (Å²) in [5.41, 5.74) is 0.791. The molecule has 33 heavy (non-hydrogen) atoms. The van der Waals surface area contributed by atoms with Crippen LogP contribution in [0.1, 0.15) is 25.8 Å². The molecule has 2 rings (SSSR count). The van der Waals surface area contributed by atoms with Crippen LogP contribution in [0, 0.1) is 0 Å². The minimum Gasteiger partial charge on any atom is -0.355 e. The number of carbonyl (C=O) groups excluding carboxylic acids is 2. The summed E-state index contributed by atoms with van der Waals surface area (Å²) in [4.78, 5) is 27.7. The maximum atomic E-state index is 13.6. The third-order valence-electron chi connectivity index (χ3n) is 4.93. The Morgan fingerprint density at radius 3 is 2.18 bits per heavy atom. The number of anilines is 1. The molecule has 2 aromatic carbocycles. The lowest BCUT2D eigenvalue weighted by molar-refractivity contribution is -0.140. The van der Waals surface area contributed by atoms with Crippen molar-refractivity contribution in [2.45, 2.75) is 32.9 Å². The Morgan fingerprint density at radius 1 is 1.06 bits per heavy atom. The van der Waals surface area contributed by atoms with E-state index in [0.29, 0.717) is 38.7 Å². The van der Waals surface area contributed by atoms with Crippen LogP contribution < -0.4 is 9.62 Å². The molecular formula is C22H26BrCl2N3O4S. The number of amides is 2. The van der Waals surface area contributed by atoms with E-state index in [1.807, 2.05) is 0 Å². The van der Waals surface area contributed by atoms with Crippen molar-refractivity contribution in [2.24, 2.45) is 0 Å². The summed E-state index contributed by atoms with van der Waals surface area (Å²) in [6.45, 7) is 3.38. The van der Waals surface area contributed by atoms with Crippen molar-refractivity contribution >= 4 is 66.7 Å². The normalized spacial score (nSPS) is 12.2. The molecule has 0 bridgehead atoms. The Kier molecular flexibility index (Phi) is 10.0. The molecule has 0 heterocycles. The largest absolute Gasteiger partial charge is 0.355 e. The zero-order valence-electron chi connectivity index (χ0n) is 18.5. The van der Waals surface area contributed by atoms with Crippen molar-refractivity contribution in [3.05, 3.63) is 62.5 Å². The van der Waals surface area contributed by atoms with Crippen LogP contribution in [0.2, 0.25) is 10.0 Å². The lowest BCUT2D eigenvalue weighted by atomic mass is 10.1. The highest BCUT2D eigenvalue weighted by atomic mass is 79.9. The van der Waals surface area contributed by atoms with Crippen molar-refractivity contribution in [1.29, 1.82) is 0 Å². The van der Waals surface area contributed by atoms with Crippen molar-refractivity contribution in [3.8, 4) is 0 Å². The quantitative estimate of drug-likeness (QED) is 0.451. The number of sulfonamides is 1. The number of nitrogens with one attached hydrogen (secondary N) is 1. The van der Waals surface area contributed by atoms with E-state index in [-0.39, 0.29) is 12.5 Å². The Balaban J connectivity index is 2.51. The highest BCUT2D eigenvalue weighted by Gasteiger charge is 2.32. The fourth-order valence-electron chi connectivity index (χ4n) is 3.31. The lowest BCUT2D eigenvalue weighted by Crippen LogP contribution is -2.52. The van der Waals surface area contributed by atoms with Gasteiger partial charge in [0.25, 0.3) is 0 Å². The molecule has 0 unspecified atom stereocenters. The number of halogens is 3. The molecule has 0 aromatic heterocycles. The van der Waals surface area contributed by atoms with E-state index >= 15 is 0 Å². The van der Waals surface area contributed by atoms with Gasteiger partial charge in [-0.05, 0) is 53.5 Å². The molecule has 0 aliphatic rings. The zero-order chi connectivity index (χ0) is 24.8. The van der Waals surface area contributed by atoms with Crippen molar-refractivity contribution in [3.63, 3.8) is 0 Å². The Labute approximate surface area is 213 Å². The first-order valence-electron chi connectivity index (χ1n) is 10.2. The molecule has 2 aromatic rings. The second-order valence-corrected chi connectivity index (χ2v) is 10.8. The average molecular weight is 579 g/mol. The van der Waals surface area contributed by atoms with Gasteiger partial charge in [-0.25, -0.2) is 8.42 Å². The molecule has 1 atom stereocenters. The molecule has 1 N–H and O–H groups in total.